The quantitative estimate of drug-likeness (QED) is 0.155. The van der Waals surface area contributed by atoms with E-state index in [4.69, 9.17) is 19.9 Å². The standard InChI is InChI=1S/C21H20N6O3.C14H15N3O2.C9H11N3O2.CH4.ClH/c1-27-15-7-10-22-11-16(15)30-12-14(19(27)29)23-18(28)17-24-20(26-25-17)21(8-9-21)13-5-3-2-4-6-13;1-2-19-12(18)11-15-13(17-16-11)14(8-9-14)10-6-4-3-5-7-10;1-12-7-2-3-11-4-8(7)14-5-6(10)9(12)13;;/h2-7,10-11,14H,8-9,12H2,1H3,(H,23,28)(H,24,25,26);3-7H,2,8-9H2,1H3,(H,15,16,17);2-4,6H,5,10H2,1H3;1H4;1H/t14-;;6-;;/m0.0../s1. The minimum Gasteiger partial charge on any atom is -0.488 e. The maximum atomic E-state index is 12.8. The Morgan fingerprint density at radius 3 is 1.74 bits per heavy atom. The Hall–Kier alpha value is -7.25. The number of likely N-dealkylation sites (N-methyl/N-ethyl adjacent to an activating group) is 2. The molecule has 0 saturated heterocycles. The van der Waals surface area contributed by atoms with Crippen molar-refractivity contribution in [3.05, 3.63) is 132 Å². The van der Waals surface area contributed by atoms with Gasteiger partial charge in [-0.05, 0) is 55.9 Å². The Balaban J connectivity index is 0.000000172. The van der Waals surface area contributed by atoms with E-state index >= 15 is 0 Å². The van der Waals surface area contributed by atoms with Gasteiger partial charge in [0.2, 0.25) is 11.7 Å². The first-order valence-electron chi connectivity index (χ1n) is 20.4. The predicted octanol–water partition coefficient (Wildman–Crippen LogP) is 4.32. The van der Waals surface area contributed by atoms with Crippen molar-refractivity contribution in [1.82, 2.24) is 45.6 Å². The molecular formula is C45H51ClN12O7. The van der Waals surface area contributed by atoms with Crippen LogP contribution >= 0.6 is 12.4 Å². The van der Waals surface area contributed by atoms with Crippen LogP contribution < -0.4 is 30.3 Å². The zero-order valence-electron chi connectivity index (χ0n) is 35.3. The van der Waals surface area contributed by atoms with E-state index in [0.29, 0.717) is 35.3 Å². The van der Waals surface area contributed by atoms with E-state index in [-0.39, 0.29) is 67.3 Å². The average Bonchev–Trinajstić information content (AvgIpc) is 4.22. The molecule has 2 atom stereocenters. The molecule has 0 radical (unpaired) electrons. The first kappa shape index (κ1) is 47.2. The van der Waals surface area contributed by atoms with Gasteiger partial charge in [0.1, 0.15) is 36.9 Å². The van der Waals surface area contributed by atoms with Gasteiger partial charge in [-0.25, -0.2) is 14.8 Å². The summed E-state index contributed by atoms with van der Waals surface area (Å²) in [6.45, 7) is 2.28. The maximum absolute atomic E-state index is 12.8. The van der Waals surface area contributed by atoms with Crippen molar-refractivity contribution in [3.63, 3.8) is 0 Å². The highest BCUT2D eigenvalue weighted by atomic mass is 35.5. The Labute approximate surface area is 381 Å². The van der Waals surface area contributed by atoms with Crippen molar-refractivity contribution in [2.24, 2.45) is 5.73 Å². The van der Waals surface area contributed by atoms with Crippen LogP contribution in [-0.2, 0) is 25.2 Å². The summed E-state index contributed by atoms with van der Waals surface area (Å²) < 4.78 is 15.9. The number of benzene rings is 2. The lowest BCUT2D eigenvalue weighted by atomic mass is 9.95. The molecule has 4 aliphatic rings. The highest BCUT2D eigenvalue weighted by Gasteiger charge is 2.50. The monoisotopic (exact) mass is 906 g/mol. The Morgan fingerprint density at radius 1 is 0.754 bits per heavy atom. The van der Waals surface area contributed by atoms with Gasteiger partial charge in [-0.3, -0.25) is 34.5 Å². The normalized spacial score (nSPS) is 18.2. The molecule has 2 aliphatic carbocycles. The number of nitrogens with zero attached hydrogens (tertiary/aromatic N) is 8. The minimum atomic E-state index is -0.860. The second kappa shape index (κ2) is 20.1. The molecule has 20 heteroatoms. The maximum Gasteiger partial charge on any atom is 0.378 e. The number of ether oxygens (including phenoxy) is 3. The Bertz CT molecular complexity index is 2600. The van der Waals surface area contributed by atoms with E-state index in [0.717, 1.165) is 37.1 Å². The lowest BCUT2D eigenvalue weighted by Crippen LogP contribution is -2.49. The fourth-order valence-electron chi connectivity index (χ4n) is 7.49. The van der Waals surface area contributed by atoms with Gasteiger partial charge in [0.15, 0.2) is 11.5 Å². The summed E-state index contributed by atoms with van der Waals surface area (Å²) in [5.41, 5.74) is 8.96. The molecule has 0 unspecified atom stereocenters. The van der Waals surface area contributed by atoms with Crippen molar-refractivity contribution in [1.29, 1.82) is 0 Å². The molecule has 2 fully saturated rings. The molecule has 6 heterocycles. The SMILES string of the molecule is C.CCOC(=O)c1n[nH]c(C2(c3ccccc3)CC2)n1.CN1C(=O)[C@@H](N)COc2cnccc21.CN1C(=O)[C@@H](NC(=O)c2n[nH]c(C3(c4ccccc4)CC3)n2)COc2cnccc21.Cl. The third-order valence-electron chi connectivity index (χ3n) is 11.3. The molecule has 3 amide bonds. The fourth-order valence-corrected chi connectivity index (χ4v) is 7.49. The van der Waals surface area contributed by atoms with Crippen molar-refractivity contribution in [2.75, 3.05) is 43.7 Å². The number of hydrogen-bond donors (Lipinski definition) is 4. The number of nitrogens with two attached hydrogens (primary N) is 1. The van der Waals surface area contributed by atoms with Crippen LogP contribution in [0.2, 0.25) is 0 Å². The summed E-state index contributed by atoms with van der Waals surface area (Å²) in [7, 11) is 3.31. The van der Waals surface area contributed by atoms with Crippen LogP contribution in [0, 0.1) is 0 Å². The summed E-state index contributed by atoms with van der Waals surface area (Å²) in [5.74, 6) is 1.18. The number of pyridine rings is 2. The summed E-state index contributed by atoms with van der Waals surface area (Å²) in [4.78, 5) is 68.4. The molecule has 4 aromatic heterocycles. The highest BCUT2D eigenvalue weighted by Crippen LogP contribution is 2.53. The number of anilines is 2. The summed E-state index contributed by atoms with van der Waals surface area (Å²) >= 11 is 0. The number of amides is 3. The number of hydrogen-bond acceptors (Lipinski definition) is 14. The van der Waals surface area contributed by atoms with Gasteiger partial charge in [0, 0.05) is 26.5 Å². The largest absolute Gasteiger partial charge is 0.488 e. The first-order chi connectivity index (χ1) is 30.5. The number of nitrogens with one attached hydrogen (secondary N) is 3. The van der Waals surface area contributed by atoms with Crippen LogP contribution in [0.3, 0.4) is 0 Å². The molecule has 65 heavy (non-hydrogen) atoms. The summed E-state index contributed by atoms with van der Waals surface area (Å²) in [6.07, 6.45) is 10.3. The van der Waals surface area contributed by atoms with Gasteiger partial charge in [-0.2, -0.15) is 0 Å². The number of aromatic amines is 2. The lowest BCUT2D eigenvalue weighted by molar-refractivity contribution is -0.120. The van der Waals surface area contributed by atoms with Gasteiger partial charge in [0.25, 0.3) is 17.6 Å². The first-order valence-corrected chi connectivity index (χ1v) is 20.4. The lowest BCUT2D eigenvalue weighted by Gasteiger charge is -2.19. The molecule has 340 valence electrons. The van der Waals surface area contributed by atoms with Crippen molar-refractivity contribution < 1.29 is 33.4 Å². The number of carbonyl (C=O) groups is 4. The fraction of sp³-hybridized carbons (Fsp3) is 0.333. The number of halogens is 1. The zero-order chi connectivity index (χ0) is 44.1. The molecular weight excluding hydrogens is 856 g/mol. The zero-order valence-corrected chi connectivity index (χ0v) is 36.1. The smallest absolute Gasteiger partial charge is 0.378 e. The topological polar surface area (TPSA) is 249 Å². The number of rotatable bonds is 8. The minimum absolute atomic E-state index is 0. The number of carbonyl (C=O) groups excluding carboxylic acids is 4. The Morgan fingerprint density at radius 2 is 1.23 bits per heavy atom. The van der Waals surface area contributed by atoms with Gasteiger partial charge >= 0.3 is 5.97 Å². The molecule has 0 bridgehead atoms. The van der Waals surface area contributed by atoms with E-state index in [1.807, 2.05) is 36.4 Å². The van der Waals surface area contributed by atoms with Crippen LogP contribution in [-0.4, -0.2) is 110 Å². The van der Waals surface area contributed by atoms with E-state index < -0.39 is 24.0 Å². The van der Waals surface area contributed by atoms with E-state index in [1.54, 1.807) is 57.9 Å². The van der Waals surface area contributed by atoms with Gasteiger partial charge < -0.3 is 35.1 Å². The summed E-state index contributed by atoms with van der Waals surface area (Å²) in [6, 6.07) is 22.2. The number of aromatic nitrogens is 8. The number of H-pyrrole nitrogens is 2. The molecule has 6 aromatic rings. The van der Waals surface area contributed by atoms with E-state index in [9.17, 15) is 19.2 Å². The van der Waals surface area contributed by atoms with Crippen LogP contribution in [0.5, 0.6) is 11.5 Å². The third-order valence-corrected chi connectivity index (χ3v) is 11.3. The van der Waals surface area contributed by atoms with Crippen molar-refractivity contribution in [3.8, 4) is 11.5 Å². The molecule has 2 saturated carbocycles. The van der Waals surface area contributed by atoms with Crippen LogP contribution in [0.1, 0.15) is 84.0 Å². The second-order valence-electron chi connectivity index (χ2n) is 15.4. The van der Waals surface area contributed by atoms with Crippen LogP contribution in [0.4, 0.5) is 11.4 Å². The third kappa shape index (κ3) is 9.80. The molecule has 5 N–H and O–H groups in total. The van der Waals surface area contributed by atoms with Crippen LogP contribution in [0.25, 0.3) is 0 Å². The van der Waals surface area contributed by atoms with Crippen molar-refractivity contribution >= 4 is 47.5 Å². The van der Waals surface area contributed by atoms with Gasteiger partial charge in [0.05, 0.1) is 41.2 Å². The average molecular weight is 907 g/mol. The molecule has 0 spiro atoms. The Kier molecular flexibility index (Phi) is 14.6. The second-order valence-corrected chi connectivity index (χ2v) is 15.4. The highest BCUT2D eigenvalue weighted by molar-refractivity contribution is 6.02. The molecule has 19 nitrogen and oxygen atoms in total. The molecule has 2 aliphatic heterocycles. The van der Waals surface area contributed by atoms with Gasteiger partial charge in [-0.1, -0.05) is 68.1 Å². The molecule has 2 aromatic carbocycles. The van der Waals surface area contributed by atoms with E-state index in [1.165, 1.54) is 15.4 Å². The van der Waals surface area contributed by atoms with E-state index in [2.05, 4.69) is 69.9 Å². The number of fused-ring (bicyclic) bond motifs is 2. The van der Waals surface area contributed by atoms with Gasteiger partial charge in [-0.15, -0.1) is 22.6 Å². The summed E-state index contributed by atoms with van der Waals surface area (Å²) in [5, 5.41) is 16.5. The molecule has 10 rings (SSSR count). The van der Waals surface area contributed by atoms with Crippen molar-refractivity contribution in [2.45, 2.75) is 62.9 Å². The predicted molar refractivity (Wildman–Crippen MR) is 241 cm³/mol. The van der Waals surface area contributed by atoms with Crippen LogP contribution in [0.15, 0.2) is 97.6 Å². The number of esters is 1.